The summed E-state index contributed by atoms with van der Waals surface area (Å²) in [5.74, 6) is 0.817. The fourth-order valence-corrected chi connectivity index (χ4v) is 1.42. The SMILES string of the molecule is CCN(CCN)c1ncccc1Cl. The van der Waals surface area contributed by atoms with E-state index in [-0.39, 0.29) is 0 Å². The van der Waals surface area contributed by atoms with Gasteiger partial charge in [0.15, 0.2) is 0 Å². The quantitative estimate of drug-likeness (QED) is 0.800. The third kappa shape index (κ3) is 2.57. The molecule has 0 aliphatic carbocycles. The number of halogens is 1. The Morgan fingerprint density at radius 1 is 1.62 bits per heavy atom. The Kier molecular flexibility index (Phi) is 3.99. The van der Waals surface area contributed by atoms with Gasteiger partial charge in [-0.25, -0.2) is 4.98 Å². The lowest BCUT2D eigenvalue weighted by atomic mass is 10.4. The van der Waals surface area contributed by atoms with Gasteiger partial charge < -0.3 is 10.6 Å². The molecule has 0 saturated heterocycles. The molecule has 0 amide bonds. The van der Waals surface area contributed by atoms with Gasteiger partial charge >= 0.3 is 0 Å². The third-order valence-corrected chi connectivity index (χ3v) is 2.11. The fourth-order valence-electron chi connectivity index (χ4n) is 1.18. The molecule has 0 fully saturated rings. The highest BCUT2D eigenvalue weighted by atomic mass is 35.5. The van der Waals surface area contributed by atoms with Crippen molar-refractivity contribution in [2.45, 2.75) is 6.92 Å². The van der Waals surface area contributed by atoms with Gasteiger partial charge in [0.1, 0.15) is 5.82 Å². The number of nitrogens with zero attached hydrogens (tertiary/aromatic N) is 2. The molecule has 2 N–H and O–H groups in total. The Balaban J connectivity index is 2.84. The number of likely N-dealkylation sites (N-methyl/N-ethyl adjacent to an activating group) is 1. The normalized spacial score (nSPS) is 10.1. The average Bonchev–Trinajstić information content (AvgIpc) is 2.16. The Morgan fingerprint density at radius 2 is 2.38 bits per heavy atom. The molecule has 3 nitrogen and oxygen atoms in total. The van der Waals surface area contributed by atoms with Crippen LogP contribution in [0, 0.1) is 0 Å². The van der Waals surface area contributed by atoms with Gasteiger partial charge in [0.05, 0.1) is 5.02 Å². The average molecular weight is 200 g/mol. The molecular weight excluding hydrogens is 186 g/mol. The van der Waals surface area contributed by atoms with E-state index in [1.54, 1.807) is 6.20 Å². The van der Waals surface area contributed by atoms with E-state index in [2.05, 4.69) is 16.8 Å². The summed E-state index contributed by atoms with van der Waals surface area (Å²) in [5, 5.41) is 0.679. The summed E-state index contributed by atoms with van der Waals surface area (Å²) in [6, 6.07) is 3.66. The van der Waals surface area contributed by atoms with Crippen LogP contribution in [0.15, 0.2) is 18.3 Å². The van der Waals surface area contributed by atoms with E-state index in [0.717, 1.165) is 18.9 Å². The molecule has 0 spiro atoms. The van der Waals surface area contributed by atoms with Crippen molar-refractivity contribution < 1.29 is 0 Å². The number of hydrogen-bond donors (Lipinski definition) is 1. The van der Waals surface area contributed by atoms with E-state index in [0.29, 0.717) is 11.6 Å². The van der Waals surface area contributed by atoms with E-state index < -0.39 is 0 Å². The predicted molar refractivity (Wildman–Crippen MR) is 56.2 cm³/mol. The first-order valence-electron chi connectivity index (χ1n) is 4.35. The van der Waals surface area contributed by atoms with Crippen molar-refractivity contribution in [3.8, 4) is 0 Å². The molecular formula is C9H14ClN3. The number of nitrogens with two attached hydrogens (primary N) is 1. The van der Waals surface area contributed by atoms with Crippen LogP contribution in [0.4, 0.5) is 5.82 Å². The van der Waals surface area contributed by atoms with Crippen LogP contribution in [0.25, 0.3) is 0 Å². The van der Waals surface area contributed by atoms with E-state index in [9.17, 15) is 0 Å². The summed E-state index contributed by atoms with van der Waals surface area (Å²) < 4.78 is 0. The van der Waals surface area contributed by atoms with Gasteiger partial charge in [0, 0.05) is 25.8 Å². The Hall–Kier alpha value is -0.800. The highest BCUT2D eigenvalue weighted by Gasteiger charge is 2.07. The minimum absolute atomic E-state index is 0.612. The molecule has 72 valence electrons. The molecule has 1 heterocycles. The maximum atomic E-state index is 5.99. The highest BCUT2D eigenvalue weighted by Crippen LogP contribution is 2.21. The van der Waals surface area contributed by atoms with Crippen molar-refractivity contribution in [1.29, 1.82) is 0 Å². The second-order valence-electron chi connectivity index (χ2n) is 2.68. The van der Waals surface area contributed by atoms with Crippen LogP contribution in [0.5, 0.6) is 0 Å². The van der Waals surface area contributed by atoms with Crippen LogP contribution in [0.3, 0.4) is 0 Å². The minimum atomic E-state index is 0.612. The molecule has 13 heavy (non-hydrogen) atoms. The molecule has 1 aromatic heterocycles. The lowest BCUT2D eigenvalue weighted by molar-refractivity contribution is 0.802. The molecule has 1 rings (SSSR count). The topological polar surface area (TPSA) is 42.1 Å². The number of rotatable bonds is 4. The van der Waals surface area contributed by atoms with E-state index in [1.165, 1.54) is 0 Å². The molecule has 0 atom stereocenters. The van der Waals surface area contributed by atoms with Crippen molar-refractivity contribution in [2.24, 2.45) is 5.73 Å². The zero-order valence-corrected chi connectivity index (χ0v) is 8.46. The zero-order chi connectivity index (χ0) is 9.68. The van der Waals surface area contributed by atoms with E-state index in [1.807, 2.05) is 12.1 Å². The van der Waals surface area contributed by atoms with Crippen molar-refractivity contribution in [3.63, 3.8) is 0 Å². The number of pyridine rings is 1. The van der Waals surface area contributed by atoms with Gasteiger partial charge in [-0.15, -0.1) is 0 Å². The van der Waals surface area contributed by atoms with E-state index in [4.69, 9.17) is 17.3 Å². The molecule has 0 aromatic carbocycles. The largest absolute Gasteiger partial charge is 0.354 e. The Labute approximate surface area is 83.5 Å². The van der Waals surface area contributed by atoms with Crippen LogP contribution < -0.4 is 10.6 Å². The number of aromatic nitrogens is 1. The summed E-state index contributed by atoms with van der Waals surface area (Å²) >= 11 is 5.99. The molecule has 1 aromatic rings. The molecule has 4 heteroatoms. The molecule has 0 saturated carbocycles. The number of anilines is 1. The van der Waals surface area contributed by atoms with Gasteiger partial charge in [0.2, 0.25) is 0 Å². The first-order chi connectivity index (χ1) is 6.29. The highest BCUT2D eigenvalue weighted by molar-refractivity contribution is 6.32. The van der Waals surface area contributed by atoms with Gasteiger partial charge in [-0.3, -0.25) is 0 Å². The molecule has 0 radical (unpaired) electrons. The molecule has 0 unspecified atom stereocenters. The molecule has 0 bridgehead atoms. The van der Waals surface area contributed by atoms with Crippen LogP contribution in [-0.2, 0) is 0 Å². The molecule has 0 aliphatic heterocycles. The fraction of sp³-hybridized carbons (Fsp3) is 0.444. The van der Waals surface area contributed by atoms with Crippen LogP contribution in [-0.4, -0.2) is 24.6 Å². The van der Waals surface area contributed by atoms with Gasteiger partial charge in [-0.05, 0) is 19.1 Å². The Morgan fingerprint density at radius 3 is 2.92 bits per heavy atom. The second kappa shape index (κ2) is 5.04. The summed E-state index contributed by atoms with van der Waals surface area (Å²) in [6.07, 6.45) is 1.74. The first-order valence-corrected chi connectivity index (χ1v) is 4.73. The van der Waals surface area contributed by atoms with Gasteiger partial charge in [-0.1, -0.05) is 11.6 Å². The lowest BCUT2D eigenvalue weighted by Crippen LogP contribution is -2.29. The van der Waals surface area contributed by atoms with Crippen LogP contribution in [0.1, 0.15) is 6.92 Å². The van der Waals surface area contributed by atoms with Gasteiger partial charge in [0.25, 0.3) is 0 Å². The maximum Gasteiger partial charge on any atom is 0.147 e. The minimum Gasteiger partial charge on any atom is -0.354 e. The van der Waals surface area contributed by atoms with Crippen LogP contribution >= 0.6 is 11.6 Å². The van der Waals surface area contributed by atoms with Gasteiger partial charge in [-0.2, -0.15) is 0 Å². The smallest absolute Gasteiger partial charge is 0.147 e. The summed E-state index contributed by atoms with van der Waals surface area (Å²) in [5.41, 5.74) is 5.48. The third-order valence-electron chi connectivity index (χ3n) is 1.82. The number of hydrogen-bond acceptors (Lipinski definition) is 3. The van der Waals surface area contributed by atoms with E-state index >= 15 is 0 Å². The Bertz CT molecular complexity index is 265. The maximum absolute atomic E-state index is 5.99. The monoisotopic (exact) mass is 199 g/mol. The first kappa shape index (κ1) is 10.3. The summed E-state index contributed by atoms with van der Waals surface area (Å²) in [6.45, 7) is 4.32. The van der Waals surface area contributed by atoms with Crippen molar-refractivity contribution in [2.75, 3.05) is 24.5 Å². The molecule has 0 aliphatic rings. The van der Waals surface area contributed by atoms with Crippen molar-refractivity contribution in [3.05, 3.63) is 23.4 Å². The lowest BCUT2D eigenvalue weighted by Gasteiger charge is -2.21. The second-order valence-corrected chi connectivity index (χ2v) is 3.08. The predicted octanol–water partition coefficient (Wildman–Crippen LogP) is 1.52. The van der Waals surface area contributed by atoms with Crippen molar-refractivity contribution in [1.82, 2.24) is 4.98 Å². The van der Waals surface area contributed by atoms with Crippen molar-refractivity contribution >= 4 is 17.4 Å². The van der Waals surface area contributed by atoms with Crippen LogP contribution in [0.2, 0.25) is 5.02 Å². The summed E-state index contributed by atoms with van der Waals surface area (Å²) in [7, 11) is 0. The summed E-state index contributed by atoms with van der Waals surface area (Å²) in [4.78, 5) is 6.26. The standard InChI is InChI=1S/C9H14ClN3/c1-2-13(7-5-11)9-8(10)4-3-6-12-9/h3-4,6H,2,5,7,11H2,1H3. The zero-order valence-electron chi connectivity index (χ0n) is 7.70.